The van der Waals surface area contributed by atoms with Crippen molar-refractivity contribution in [2.45, 2.75) is 6.04 Å². The number of ether oxygens (including phenoxy) is 2. The van der Waals surface area contributed by atoms with Crippen LogP contribution in [0.1, 0.15) is 17.4 Å². The van der Waals surface area contributed by atoms with E-state index in [1.165, 1.54) is 55.7 Å². The van der Waals surface area contributed by atoms with Crippen LogP contribution in [0, 0.1) is 10.1 Å². The van der Waals surface area contributed by atoms with Gasteiger partial charge in [-0.05, 0) is 36.4 Å². The van der Waals surface area contributed by atoms with E-state index in [0.717, 1.165) is 0 Å². The first-order valence-corrected chi connectivity index (χ1v) is 9.68. The zero-order valence-corrected chi connectivity index (χ0v) is 17.6. The van der Waals surface area contributed by atoms with Gasteiger partial charge in [0, 0.05) is 29.4 Å². The first kappa shape index (κ1) is 21.6. The van der Waals surface area contributed by atoms with Gasteiger partial charge in [0.2, 0.25) is 0 Å². The number of aliphatic hydroxyl groups is 1. The Hall–Kier alpha value is -4.60. The molecule has 0 saturated carbocycles. The topological polar surface area (TPSA) is 132 Å². The van der Waals surface area contributed by atoms with Crippen molar-refractivity contribution in [1.29, 1.82) is 0 Å². The van der Waals surface area contributed by atoms with Crippen molar-refractivity contribution < 1.29 is 33.5 Å². The minimum Gasteiger partial charge on any atom is -0.507 e. The van der Waals surface area contributed by atoms with Crippen LogP contribution >= 0.6 is 0 Å². The summed E-state index contributed by atoms with van der Waals surface area (Å²) >= 11 is 0. The highest BCUT2D eigenvalue weighted by molar-refractivity contribution is 6.51. The molecule has 2 aromatic carbocycles. The van der Waals surface area contributed by atoms with Crippen molar-refractivity contribution in [1.82, 2.24) is 0 Å². The van der Waals surface area contributed by atoms with Crippen LogP contribution in [0.3, 0.4) is 0 Å². The van der Waals surface area contributed by atoms with Crippen molar-refractivity contribution in [3.63, 3.8) is 0 Å². The maximum atomic E-state index is 13.1. The second kappa shape index (κ2) is 8.50. The molecule has 2 heterocycles. The second-order valence-electron chi connectivity index (χ2n) is 7.03. The number of non-ortho nitro benzene ring substituents is 1. The highest BCUT2D eigenvalue weighted by Gasteiger charge is 2.48. The second-order valence-corrected chi connectivity index (χ2v) is 7.03. The molecular weight excluding hydrogens is 432 g/mol. The summed E-state index contributed by atoms with van der Waals surface area (Å²) in [6.07, 6.45) is 1.38. The largest absolute Gasteiger partial charge is 0.507 e. The number of nitro groups is 1. The fraction of sp³-hybridized carbons (Fsp3) is 0.130. The number of amides is 1. The van der Waals surface area contributed by atoms with Gasteiger partial charge in [-0.25, -0.2) is 0 Å². The van der Waals surface area contributed by atoms with Crippen molar-refractivity contribution in [2.75, 3.05) is 19.1 Å². The Morgan fingerprint density at radius 1 is 1.06 bits per heavy atom. The predicted molar refractivity (Wildman–Crippen MR) is 116 cm³/mol. The van der Waals surface area contributed by atoms with Crippen LogP contribution in [-0.4, -0.2) is 35.9 Å². The molecule has 1 saturated heterocycles. The number of hydrogen-bond donors (Lipinski definition) is 1. The summed E-state index contributed by atoms with van der Waals surface area (Å²) in [7, 11) is 2.91. The van der Waals surface area contributed by atoms with E-state index >= 15 is 0 Å². The van der Waals surface area contributed by atoms with Crippen molar-refractivity contribution in [3.05, 3.63) is 87.9 Å². The lowest BCUT2D eigenvalue weighted by Crippen LogP contribution is -2.29. The van der Waals surface area contributed by atoms with E-state index in [4.69, 9.17) is 13.9 Å². The molecule has 168 valence electrons. The molecule has 1 aliphatic heterocycles. The van der Waals surface area contributed by atoms with Crippen LogP contribution in [0.25, 0.3) is 5.76 Å². The van der Waals surface area contributed by atoms with Crippen LogP contribution in [0.15, 0.2) is 70.9 Å². The van der Waals surface area contributed by atoms with E-state index in [0.29, 0.717) is 17.2 Å². The van der Waals surface area contributed by atoms with Gasteiger partial charge in [-0.1, -0.05) is 0 Å². The summed E-state index contributed by atoms with van der Waals surface area (Å²) in [5, 5.41) is 21.9. The summed E-state index contributed by atoms with van der Waals surface area (Å²) in [4.78, 5) is 37.7. The van der Waals surface area contributed by atoms with Crippen LogP contribution in [0.2, 0.25) is 0 Å². The van der Waals surface area contributed by atoms with Gasteiger partial charge >= 0.3 is 0 Å². The highest BCUT2D eigenvalue weighted by atomic mass is 16.6. The van der Waals surface area contributed by atoms with Crippen LogP contribution < -0.4 is 14.4 Å². The summed E-state index contributed by atoms with van der Waals surface area (Å²) in [5.74, 6) is -1.28. The smallest absolute Gasteiger partial charge is 0.300 e. The molecule has 10 nitrogen and oxygen atoms in total. The van der Waals surface area contributed by atoms with Gasteiger partial charge in [0.15, 0.2) is 11.5 Å². The van der Waals surface area contributed by atoms with Crippen molar-refractivity contribution >= 4 is 28.8 Å². The summed E-state index contributed by atoms with van der Waals surface area (Å²) in [6, 6.07) is 11.8. The van der Waals surface area contributed by atoms with Gasteiger partial charge in [0.25, 0.3) is 17.4 Å². The van der Waals surface area contributed by atoms with Crippen LogP contribution in [-0.2, 0) is 9.59 Å². The third-order valence-electron chi connectivity index (χ3n) is 5.25. The summed E-state index contributed by atoms with van der Waals surface area (Å²) in [5.41, 5.74) is 0.0693. The molecule has 1 amide bonds. The van der Waals surface area contributed by atoms with Gasteiger partial charge in [-0.3, -0.25) is 24.6 Å². The van der Waals surface area contributed by atoms with Crippen molar-refractivity contribution in [2.24, 2.45) is 0 Å². The van der Waals surface area contributed by atoms with Gasteiger partial charge in [0.1, 0.15) is 17.6 Å². The molecule has 0 radical (unpaired) electrons. The average Bonchev–Trinajstić information content (AvgIpc) is 3.45. The Kier molecular flexibility index (Phi) is 5.57. The van der Waals surface area contributed by atoms with Gasteiger partial charge in [-0.2, -0.15) is 0 Å². The fourth-order valence-corrected chi connectivity index (χ4v) is 3.69. The molecule has 0 spiro atoms. The Labute approximate surface area is 187 Å². The molecular formula is C23H18N2O8. The number of hydrogen-bond acceptors (Lipinski definition) is 8. The van der Waals surface area contributed by atoms with E-state index < -0.39 is 28.4 Å². The van der Waals surface area contributed by atoms with Crippen LogP contribution in [0.4, 0.5) is 11.4 Å². The number of rotatable bonds is 6. The first-order chi connectivity index (χ1) is 15.9. The maximum absolute atomic E-state index is 13.1. The zero-order valence-electron chi connectivity index (χ0n) is 17.6. The molecule has 1 unspecified atom stereocenters. The third kappa shape index (κ3) is 3.67. The van der Waals surface area contributed by atoms with Gasteiger partial charge in [0.05, 0.1) is 31.0 Å². The summed E-state index contributed by atoms with van der Waals surface area (Å²) < 4.78 is 16.0. The number of carbonyl (C=O) groups is 2. The maximum Gasteiger partial charge on any atom is 0.300 e. The lowest BCUT2D eigenvalue weighted by Gasteiger charge is -2.24. The zero-order chi connectivity index (χ0) is 23.7. The standard InChI is InChI=1S/C23H18N2O8/c1-31-16-10-9-15(12-18(16)32-2)24-20(17-4-3-11-33-17)19(22(27)23(24)28)21(26)13-5-7-14(8-6-13)25(29)30/h3-12,20,26H,1-2H3/b21-19-. The SMILES string of the molecule is COc1ccc(N2C(=O)C(=O)/C(=C(\O)c3ccc([N+](=O)[O-])cc3)C2c2ccco2)cc1OC. The number of furan rings is 1. The number of methoxy groups -OCH3 is 2. The molecule has 1 fully saturated rings. The molecule has 1 aliphatic rings. The number of nitro benzene ring substituents is 1. The molecule has 0 aliphatic carbocycles. The van der Waals surface area contributed by atoms with Crippen molar-refractivity contribution in [3.8, 4) is 11.5 Å². The van der Waals surface area contributed by atoms with E-state index in [9.17, 15) is 24.8 Å². The van der Waals surface area contributed by atoms with Crippen LogP contribution in [0.5, 0.6) is 11.5 Å². The number of carbonyl (C=O) groups excluding carboxylic acids is 2. The normalized spacial score (nSPS) is 17.3. The molecule has 33 heavy (non-hydrogen) atoms. The molecule has 0 bridgehead atoms. The quantitative estimate of drug-likeness (QED) is 0.197. The monoisotopic (exact) mass is 450 g/mol. The lowest BCUT2D eigenvalue weighted by atomic mass is 9.99. The molecule has 3 aromatic rings. The average molecular weight is 450 g/mol. The van der Waals surface area contributed by atoms with E-state index in [1.54, 1.807) is 24.3 Å². The van der Waals surface area contributed by atoms with Gasteiger partial charge < -0.3 is 19.0 Å². The van der Waals surface area contributed by atoms with Gasteiger partial charge in [-0.15, -0.1) is 0 Å². The lowest BCUT2D eigenvalue weighted by molar-refractivity contribution is -0.384. The molecule has 1 N–H and O–H groups in total. The molecule has 1 atom stereocenters. The van der Waals surface area contributed by atoms with E-state index in [-0.39, 0.29) is 22.6 Å². The molecule has 1 aromatic heterocycles. The Bertz CT molecular complexity index is 1260. The number of benzene rings is 2. The van der Waals surface area contributed by atoms with E-state index in [1.807, 2.05) is 0 Å². The van der Waals surface area contributed by atoms with E-state index in [2.05, 4.69) is 0 Å². The fourth-order valence-electron chi connectivity index (χ4n) is 3.69. The minimum absolute atomic E-state index is 0.141. The first-order valence-electron chi connectivity index (χ1n) is 9.68. The third-order valence-corrected chi connectivity index (χ3v) is 5.25. The number of aliphatic hydroxyl groups excluding tert-OH is 1. The Balaban J connectivity index is 1.88. The number of anilines is 1. The molecule has 10 heteroatoms. The summed E-state index contributed by atoms with van der Waals surface area (Å²) in [6.45, 7) is 0. The Morgan fingerprint density at radius 3 is 2.33 bits per heavy atom. The predicted octanol–water partition coefficient (Wildman–Crippen LogP) is 3.83. The number of Topliss-reactive ketones (excluding diaryl/α,β-unsaturated/α-hetero) is 1. The minimum atomic E-state index is -1.08. The molecule has 4 rings (SSSR count). The number of ketones is 1. The Morgan fingerprint density at radius 2 is 1.76 bits per heavy atom. The highest BCUT2D eigenvalue weighted by Crippen LogP contribution is 2.44. The number of nitrogens with zero attached hydrogens (tertiary/aromatic N) is 2.